The molecular formula is C20H23ClN4O3S. The van der Waals surface area contributed by atoms with Crippen LogP contribution in [0.2, 0.25) is 5.15 Å². The van der Waals surface area contributed by atoms with E-state index in [-0.39, 0.29) is 17.2 Å². The monoisotopic (exact) mass is 434 g/mol. The molecule has 0 unspecified atom stereocenters. The Balaban J connectivity index is 1.74. The van der Waals surface area contributed by atoms with Gasteiger partial charge in [0, 0.05) is 31.9 Å². The van der Waals surface area contributed by atoms with E-state index in [1.807, 2.05) is 11.9 Å². The Kier molecular flexibility index (Phi) is 6.87. The van der Waals surface area contributed by atoms with Crippen LogP contribution in [0.1, 0.15) is 31.2 Å². The van der Waals surface area contributed by atoms with Crippen LogP contribution in [0.3, 0.4) is 0 Å². The highest BCUT2D eigenvalue weighted by Crippen LogP contribution is 2.20. The molecular weight excluding hydrogens is 412 g/mol. The fourth-order valence-electron chi connectivity index (χ4n) is 3.07. The number of nitrogens with zero attached hydrogens (tertiary/aromatic N) is 3. The second-order valence-corrected chi connectivity index (χ2v) is 8.95. The van der Waals surface area contributed by atoms with E-state index in [1.54, 1.807) is 24.3 Å². The third-order valence-corrected chi connectivity index (χ3v) is 6.15. The van der Waals surface area contributed by atoms with E-state index >= 15 is 0 Å². The number of pyridine rings is 1. The first-order chi connectivity index (χ1) is 13.8. The first-order valence-electron chi connectivity index (χ1n) is 9.39. The molecule has 1 amide bonds. The van der Waals surface area contributed by atoms with Crippen molar-refractivity contribution in [3.8, 4) is 0 Å². The number of hydrogen-bond donors (Lipinski definition) is 1. The lowest BCUT2D eigenvalue weighted by Crippen LogP contribution is -2.26. The number of hydrogen-bond acceptors (Lipinski definition) is 4. The van der Waals surface area contributed by atoms with Crippen molar-refractivity contribution < 1.29 is 13.2 Å². The van der Waals surface area contributed by atoms with Crippen LogP contribution in [-0.2, 0) is 21.2 Å². The van der Waals surface area contributed by atoms with Gasteiger partial charge in [0.2, 0.25) is 5.91 Å². The van der Waals surface area contributed by atoms with Crippen molar-refractivity contribution in [2.75, 3.05) is 18.9 Å². The molecule has 2 aromatic rings. The molecule has 0 bridgehead atoms. The van der Waals surface area contributed by atoms with Gasteiger partial charge in [0.05, 0.1) is 11.3 Å². The maximum atomic E-state index is 12.8. The van der Waals surface area contributed by atoms with Gasteiger partial charge < -0.3 is 10.2 Å². The zero-order chi connectivity index (χ0) is 20.9. The number of sulfonamides is 1. The molecule has 29 heavy (non-hydrogen) atoms. The number of halogens is 1. The van der Waals surface area contributed by atoms with Crippen LogP contribution >= 0.6 is 11.6 Å². The van der Waals surface area contributed by atoms with E-state index in [0.717, 1.165) is 25.8 Å². The standard InChI is InChI=1S/C20H23ClN4O3S/c1-25-11-4-2-3-8-19(25)24-29(27,28)17-7-5-6-16(13-17)23-20(26)12-15-9-10-18(21)22-14-15/h5-7,9-10,13-14H,2-4,8,11-12H2,1H3,(H,23,26)/b24-19+. The van der Waals surface area contributed by atoms with Crippen molar-refractivity contribution in [2.24, 2.45) is 4.40 Å². The molecule has 0 atom stereocenters. The Morgan fingerprint density at radius 1 is 1.24 bits per heavy atom. The van der Waals surface area contributed by atoms with Gasteiger partial charge in [0.15, 0.2) is 0 Å². The lowest BCUT2D eigenvalue weighted by atomic mass is 10.2. The van der Waals surface area contributed by atoms with Crippen LogP contribution in [0.15, 0.2) is 51.9 Å². The Labute approximate surface area is 175 Å². The molecule has 0 saturated carbocycles. The smallest absolute Gasteiger partial charge is 0.284 e. The minimum Gasteiger partial charge on any atom is -0.362 e. The van der Waals surface area contributed by atoms with Gasteiger partial charge in [-0.15, -0.1) is 4.40 Å². The fraction of sp³-hybridized carbons (Fsp3) is 0.350. The van der Waals surface area contributed by atoms with E-state index in [0.29, 0.717) is 28.7 Å². The number of carbonyl (C=O) groups is 1. The van der Waals surface area contributed by atoms with Crippen LogP contribution < -0.4 is 5.32 Å². The highest BCUT2D eigenvalue weighted by Gasteiger charge is 2.19. The predicted molar refractivity (Wildman–Crippen MR) is 114 cm³/mol. The summed E-state index contributed by atoms with van der Waals surface area (Å²) in [5.74, 6) is 0.297. The van der Waals surface area contributed by atoms with E-state index < -0.39 is 10.0 Å². The number of likely N-dealkylation sites (tertiary alicyclic amines) is 1. The summed E-state index contributed by atoms with van der Waals surface area (Å²) >= 11 is 5.74. The summed E-state index contributed by atoms with van der Waals surface area (Å²) in [6.45, 7) is 0.796. The quantitative estimate of drug-likeness (QED) is 0.727. The zero-order valence-corrected chi connectivity index (χ0v) is 17.7. The van der Waals surface area contributed by atoms with Crippen molar-refractivity contribution in [2.45, 2.75) is 37.0 Å². The van der Waals surface area contributed by atoms with Gasteiger partial charge in [-0.05, 0) is 42.7 Å². The molecule has 1 fully saturated rings. The molecule has 1 aliphatic rings. The van der Waals surface area contributed by atoms with Gasteiger partial charge >= 0.3 is 0 Å². The summed E-state index contributed by atoms with van der Waals surface area (Å²) in [6, 6.07) is 9.46. The van der Waals surface area contributed by atoms with Crippen LogP contribution in [0.4, 0.5) is 5.69 Å². The summed E-state index contributed by atoms with van der Waals surface area (Å²) in [6.07, 6.45) is 5.29. The topological polar surface area (TPSA) is 91.7 Å². The maximum Gasteiger partial charge on any atom is 0.284 e. The normalized spacial score (nSPS) is 16.5. The van der Waals surface area contributed by atoms with Gasteiger partial charge in [-0.3, -0.25) is 4.79 Å². The number of aromatic nitrogens is 1. The van der Waals surface area contributed by atoms with Crippen molar-refractivity contribution in [3.05, 3.63) is 53.3 Å². The Morgan fingerprint density at radius 3 is 2.83 bits per heavy atom. The molecule has 1 N–H and O–H groups in total. The van der Waals surface area contributed by atoms with E-state index in [2.05, 4.69) is 14.7 Å². The summed E-state index contributed by atoms with van der Waals surface area (Å²) in [4.78, 5) is 18.2. The lowest BCUT2D eigenvalue weighted by Gasteiger charge is -2.17. The van der Waals surface area contributed by atoms with Crippen LogP contribution in [0, 0.1) is 0 Å². The van der Waals surface area contributed by atoms with Gasteiger partial charge in [-0.25, -0.2) is 4.98 Å². The largest absolute Gasteiger partial charge is 0.362 e. The van der Waals surface area contributed by atoms with Crippen molar-refractivity contribution in [3.63, 3.8) is 0 Å². The second-order valence-electron chi connectivity index (χ2n) is 6.96. The Hall–Kier alpha value is -2.45. The number of anilines is 1. The van der Waals surface area contributed by atoms with Gasteiger partial charge in [-0.1, -0.05) is 30.2 Å². The van der Waals surface area contributed by atoms with Crippen molar-refractivity contribution in [1.82, 2.24) is 9.88 Å². The molecule has 0 spiro atoms. The van der Waals surface area contributed by atoms with Crippen LogP contribution in [0.25, 0.3) is 0 Å². The molecule has 7 nitrogen and oxygen atoms in total. The number of amidine groups is 1. The van der Waals surface area contributed by atoms with E-state index in [1.165, 1.54) is 18.3 Å². The Morgan fingerprint density at radius 2 is 2.07 bits per heavy atom. The minimum absolute atomic E-state index is 0.0496. The summed E-state index contributed by atoms with van der Waals surface area (Å²) < 4.78 is 29.6. The number of nitrogens with one attached hydrogen (secondary N) is 1. The molecule has 1 aromatic heterocycles. The number of carbonyl (C=O) groups excluding carboxylic acids is 1. The van der Waals surface area contributed by atoms with Crippen molar-refractivity contribution >= 4 is 39.1 Å². The first-order valence-corrected chi connectivity index (χ1v) is 11.2. The number of rotatable bonds is 5. The SMILES string of the molecule is CN1CCCCC/C1=N\S(=O)(=O)c1cccc(NC(=O)Cc2ccc(Cl)nc2)c1. The Bertz CT molecular complexity index is 1010. The molecule has 0 aliphatic carbocycles. The molecule has 1 saturated heterocycles. The van der Waals surface area contributed by atoms with Crippen LogP contribution in [0.5, 0.6) is 0 Å². The number of benzene rings is 1. The van der Waals surface area contributed by atoms with E-state index in [9.17, 15) is 13.2 Å². The highest BCUT2D eigenvalue weighted by atomic mass is 35.5. The number of amides is 1. The van der Waals surface area contributed by atoms with Gasteiger partial charge in [-0.2, -0.15) is 8.42 Å². The van der Waals surface area contributed by atoms with Crippen molar-refractivity contribution in [1.29, 1.82) is 0 Å². The maximum absolute atomic E-state index is 12.8. The highest BCUT2D eigenvalue weighted by molar-refractivity contribution is 7.90. The average Bonchev–Trinajstić information content (AvgIpc) is 2.88. The second kappa shape index (κ2) is 9.37. The van der Waals surface area contributed by atoms with E-state index in [4.69, 9.17) is 11.6 Å². The molecule has 154 valence electrons. The average molecular weight is 435 g/mol. The first kappa shape index (κ1) is 21.3. The zero-order valence-electron chi connectivity index (χ0n) is 16.1. The van der Waals surface area contributed by atoms with Gasteiger partial charge in [0.1, 0.15) is 11.0 Å². The van der Waals surface area contributed by atoms with Gasteiger partial charge in [0.25, 0.3) is 10.0 Å². The molecule has 3 rings (SSSR count). The molecule has 0 radical (unpaired) electrons. The molecule has 2 heterocycles. The minimum atomic E-state index is -3.86. The molecule has 9 heteroatoms. The lowest BCUT2D eigenvalue weighted by molar-refractivity contribution is -0.115. The predicted octanol–water partition coefficient (Wildman–Crippen LogP) is 3.51. The molecule has 1 aliphatic heterocycles. The summed E-state index contributed by atoms with van der Waals surface area (Å²) in [5.41, 5.74) is 1.10. The van der Waals surface area contributed by atoms with Crippen LogP contribution in [-0.4, -0.2) is 43.6 Å². The third kappa shape index (κ3) is 6.01. The fourth-order valence-corrected chi connectivity index (χ4v) is 4.32. The third-order valence-electron chi connectivity index (χ3n) is 4.63. The molecule has 1 aromatic carbocycles. The summed E-state index contributed by atoms with van der Waals surface area (Å²) in [5, 5.41) is 3.07. The summed E-state index contributed by atoms with van der Waals surface area (Å²) in [7, 11) is -2.00.